The molecule has 2 saturated heterocycles. The number of aromatic nitrogens is 2. The average molecular weight is 374 g/mol. The van der Waals surface area contributed by atoms with Crippen LogP contribution < -0.4 is 4.90 Å². The number of pyridine rings is 1. The Hall–Kier alpha value is -2.37. The predicted octanol–water partition coefficient (Wildman–Crippen LogP) is 3.56. The monoisotopic (exact) mass is 374 g/mol. The SMILES string of the molecule is c1cc(N2CCOCC2)nc(-n2c3c(c4ccccc42)CN2CCC3CC2)c1. The number of ether oxygens (including phenoxy) is 1. The zero-order valence-electron chi connectivity index (χ0n) is 16.2. The molecule has 4 aliphatic heterocycles. The molecule has 6 heterocycles. The second-order valence-electron chi connectivity index (χ2n) is 8.22. The molecule has 2 aromatic heterocycles. The van der Waals surface area contributed by atoms with Gasteiger partial charge in [0.25, 0.3) is 0 Å². The lowest BCUT2D eigenvalue weighted by Gasteiger charge is -2.29. The van der Waals surface area contributed by atoms with Crippen molar-refractivity contribution in [2.75, 3.05) is 44.3 Å². The molecule has 0 aliphatic carbocycles. The van der Waals surface area contributed by atoms with Gasteiger partial charge < -0.3 is 9.64 Å². The van der Waals surface area contributed by atoms with Gasteiger partial charge in [-0.05, 0) is 49.7 Å². The van der Waals surface area contributed by atoms with Gasteiger partial charge in [-0.1, -0.05) is 24.3 Å². The van der Waals surface area contributed by atoms with Crippen LogP contribution in [0.5, 0.6) is 0 Å². The van der Waals surface area contributed by atoms with Crippen molar-refractivity contribution in [1.82, 2.24) is 14.5 Å². The molecule has 3 aromatic rings. The summed E-state index contributed by atoms with van der Waals surface area (Å²) in [6.07, 6.45) is 2.51. The molecule has 4 aliphatic rings. The first-order chi connectivity index (χ1) is 13.9. The van der Waals surface area contributed by atoms with Crippen molar-refractivity contribution < 1.29 is 4.74 Å². The lowest BCUT2D eigenvalue weighted by Crippen LogP contribution is -2.36. The normalized spacial score (nSPS) is 24.4. The Balaban J connectivity index is 1.54. The van der Waals surface area contributed by atoms with Crippen LogP contribution in [0, 0.1) is 0 Å². The molecule has 0 N–H and O–H groups in total. The van der Waals surface area contributed by atoms with Gasteiger partial charge in [0.05, 0.1) is 18.7 Å². The van der Waals surface area contributed by atoms with Crippen molar-refractivity contribution in [2.24, 2.45) is 0 Å². The summed E-state index contributed by atoms with van der Waals surface area (Å²) in [5, 5.41) is 1.40. The maximum Gasteiger partial charge on any atom is 0.139 e. The van der Waals surface area contributed by atoms with Crippen LogP contribution >= 0.6 is 0 Å². The largest absolute Gasteiger partial charge is 0.378 e. The van der Waals surface area contributed by atoms with Gasteiger partial charge in [0, 0.05) is 36.6 Å². The summed E-state index contributed by atoms with van der Waals surface area (Å²) < 4.78 is 7.99. The third-order valence-corrected chi connectivity index (χ3v) is 6.66. The van der Waals surface area contributed by atoms with Crippen LogP contribution in [0.2, 0.25) is 0 Å². The highest BCUT2D eigenvalue weighted by molar-refractivity contribution is 5.87. The van der Waals surface area contributed by atoms with E-state index in [9.17, 15) is 0 Å². The third-order valence-electron chi connectivity index (χ3n) is 6.66. The van der Waals surface area contributed by atoms with Gasteiger partial charge >= 0.3 is 0 Å². The van der Waals surface area contributed by atoms with Gasteiger partial charge in [-0.25, -0.2) is 4.98 Å². The highest BCUT2D eigenvalue weighted by Gasteiger charge is 2.33. The molecule has 0 unspecified atom stereocenters. The zero-order valence-corrected chi connectivity index (χ0v) is 16.2. The second kappa shape index (κ2) is 6.61. The molecular weight excluding hydrogens is 348 g/mol. The van der Waals surface area contributed by atoms with E-state index in [1.165, 1.54) is 48.1 Å². The molecule has 2 bridgehead atoms. The Morgan fingerprint density at radius 3 is 2.50 bits per heavy atom. The van der Waals surface area contributed by atoms with E-state index in [1.807, 2.05) is 0 Å². The van der Waals surface area contributed by atoms with Gasteiger partial charge in [0.15, 0.2) is 0 Å². The Kier molecular flexibility index (Phi) is 3.91. The number of rotatable bonds is 2. The Bertz CT molecular complexity index is 1010. The molecule has 5 heteroatoms. The van der Waals surface area contributed by atoms with Gasteiger partial charge in [0.2, 0.25) is 0 Å². The summed E-state index contributed by atoms with van der Waals surface area (Å²) in [4.78, 5) is 10.1. The van der Waals surface area contributed by atoms with Crippen LogP contribution in [-0.2, 0) is 11.3 Å². The maximum atomic E-state index is 5.52. The van der Waals surface area contributed by atoms with E-state index in [-0.39, 0.29) is 0 Å². The average Bonchev–Trinajstić information content (AvgIpc) is 2.87. The van der Waals surface area contributed by atoms with Crippen LogP contribution in [0.4, 0.5) is 5.82 Å². The minimum absolute atomic E-state index is 0.634. The van der Waals surface area contributed by atoms with Gasteiger partial charge in [-0.2, -0.15) is 0 Å². The van der Waals surface area contributed by atoms with Crippen molar-refractivity contribution in [2.45, 2.75) is 25.3 Å². The minimum Gasteiger partial charge on any atom is -0.378 e. The Labute approximate surface area is 165 Å². The van der Waals surface area contributed by atoms with Crippen LogP contribution in [-0.4, -0.2) is 53.8 Å². The molecule has 144 valence electrons. The summed E-state index contributed by atoms with van der Waals surface area (Å²) in [6, 6.07) is 15.4. The quantitative estimate of drug-likeness (QED) is 0.687. The molecule has 7 rings (SSSR count). The molecule has 2 fully saturated rings. The Morgan fingerprint density at radius 2 is 1.64 bits per heavy atom. The fraction of sp³-hybridized carbons (Fsp3) is 0.435. The fourth-order valence-electron chi connectivity index (χ4n) is 5.26. The first kappa shape index (κ1) is 16.6. The van der Waals surface area contributed by atoms with Crippen molar-refractivity contribution in [3.63, 3.8) is 0 Å². The summed E-state index contributed by atoms with van der Waals surface area (Å²) >= 11 is 0. The van der Waals surface area contributed by atoms with Crippen molar-refractivity contribution in [3.8, 4) is 5.82 Å². The summed E-state index contributed by atoms with van der Waals surface area (Å²) in [7, 11) is 0. The molecule has 0 radical (unpaired) electrons. The van der Waals surface area contributed by atoms with Crippen LogP contribution in [0.1, 0.15) is 30.0 Å². The maximum absolute atomic E-state index is 5.52. The van der Waals surface area contributed by atoms with Crippen LogP contribution in [0.15, 0.2) is 42.5 Å². The first-order valence-corrected chi connectivity index (χ1v) is 10.5. The van der Waals surface area contributed by atoms with Crippen LogP contribution in [0.3, 0.4) is 0 Å². The highest BCUT2D eigenvalue weighted by Crippen LogP contribution is 2.42. The lowest BCUT2D eigenvalue weighted by atomic mass is 9.94. The Morgan fingerprint density at radius 1 is 0.857 bits per heavy atom. The highest BCUT2D eigenvalue weighted by atomic mass is 16.5. The molecule has 0 atom stereocenters. The minimum atomic E-state index is 0.634. The molecule has 28 heavy (non-hydrogen) atoms. The number of anilines is 1. The summed E-state index contributed by atoms with van der Waals surface area (Å²) in [6.45, 7) is 6.90. The van der Waals surface area contributed by atoms with Crippen molar-refractivity contribution in [3.05, 3.63) is 53.7 Å². The number of hydrogen-bond donors (Lipinski definition) is 0. The third kappa shape index (κ3) is 2.57. The number of hydrogen-bond acceptors (Lipinski definition) is 4. The summed E-state index contributed by atoms with van der Waals surface area (Å²) in [5.74, 6) is 2.76. The lowest BCUT2D eigenvalue weighted by molar-refractivity contribution is 0.122. The number of benzene rings is 1. The van der Waals surface area contributed by atoms with Crippen LogP contribution in [0.25, 0.3) is 16.7 Å². The van der Waals surface area contributed by atoms with Gasteiger partial charge in [-0.3, -0.25) is 9.47 Å². The van der Waals surface area contributed by atoms with Crippen molar-refractivity contribution in [1.29, 1.82) is 0 Å². The smallest absolute Gasteiger partial charge is 0.139 e. The molecule has 0 spiro atoms. The predicted molar refractivity (Wildman–Crippen MR) is 111 cm³/mol. The molecule has 0 amide bonds. The van der Waals surface area contributed by atoms with Crippen molar-refractivity contribution >= 4 is 16.7 Å². The van der Waals surface area contributed by atoms with E-state index in [0.29, 0.717) is 5.92 Å². The van der Waals surface area contributed by atoms with Gasteiger partial charge in [0.1, 0.15) is 11.6 Å². The number of para-hydroxylation sites is 1. The first-order valence-electron chi connectivity index (χ1n) is 10.5. The van der Waals surface area contributed by atoms with E-state index in [4.69, 9.17) is 9.72 Å². The molecule has 1 aromatic carbocycles. The number of morpholine rings is 1. The second-order valence-corrected chi connectivity index (χ2v) is 8.22. The zero-order chi connectivity index (χ0) is 18.5. The molecular formula is C23H26N4O. The van der Waals surface area contributed by atoms with E-state index in [1.54, 1.807) is 0 Å². The van der Waals surface area contributed by atoms with E-state index >= 15 is 0 Å². The number of fused-ring (bicyclic) bond motifs is 3. The van der Waals surface area contributed by atoms with E-state index < -0.39 is 0 Å². The summed E-state index contributed by atoms with van der Waals surface area (Å²) in [5.41, 5.74) is 4.33. The molecule has 5 nitrogen and oxygen atoms in total. The molecule has 0 saturated carbocycles. The number of nitrogens with zero attached hydrogens (tertiary/aromatic N) is 4. The van der Waals surface area contributed by atoms with E-state index in [0.717, 1.165) is 44.5 Å². The standard InChI is InChI=1S/C23H26N4O/c1-2-5-20-18(4-1)19-16-25-10-8-17(9-11-25)23(19)27(20)22-7-3-6-21(24-22)26-12-14-28-15-13-26/h1-7,17H,8-16H2. The fourth-order valence-corrected chi connectivity index (χ4v) is 5.26. The topological polar surface area (TPSA) is 33.5 Å². The van der Waals surface area contributed by atoms with E-state index in [2.05, 4.69) is 56.8 Å². The van der Waals surface area contributed by atoms with Gasteiger partial charge in [-0.15, -0.1) is 0 Å². The number of piperidine rings is 1.